The first kappa shape index (κ1) is 17.5. The zero-order chi connectivity index (χ0) is 17.1. The lowest BCUT2D eigenvalue weighted by molar-refractivity contribution is -0.0361. The van der Waals surface area contributed by atoms with Crippen LogP contribution >= 0.6 is 11.3 Å². The van der Waals surface area contributed by atoms with Gasteiger partial charge >= 0.3 is 0 Å². The molecule has 1 aromatic heterocycles. The van der Waals surface area contributed by atoms with Gasteiger partial charge in [-0.05, 0) is 44.1 Å². The van der Waals surface area contributed by atoms with E-state index >= 15 is 0 Å². The van der Waals surface area contributed by atoms with Gasteiger partial charge < -0.3 is 10.1 Å². The summed E-state index contributed by atoms with van der Waals surface area (Å²) in [6.07, 6.45) is 11.0. The zero-order valence-electron chi connectivity index (χ0n) is 15.1. The first-order valence-corrected chi connectivity index (χ1v) is 10.9. The maximum Gasteiger partial charge on any atom is 0.252 e. The number of carbonyl (C=O) groups is 1. The fourth-order valence-electron chi connectivity index (χ4n) is 4.88. The minimum Gasteiger partial charge on any atom is -0.379 e. The third-order valence-electron chi connectivity index (χ3n) is 6.35. The second-order valence-corrected chi connectivity index (χ2v) is 8.79. The number of morpholine rings is 1. The smallest absolute Gasteiger partial charge is 0.252 e. The number of aryl methyl sites for hydroxylation is 1. The summed E-state index contributed by atoms with van der Waals surface area (Å²) in [5, 5.41) is 5.42. The van der Waals surface area contributed by atoms with Crippen LogP contribution in [0.2, 0.25) is 0 Å². The minimum atomic E-state index is 0.147. The molecule has 0 bridgehead atoms. The van der Waals surface area contributed by atoms with Crippen LogP contribution in [0.5, 0.6) is 0 Å². The molecule has 4 rings (SSSR count). The minimum absolute atomic E-state index is 0.147. The number of rotatable bonds is 4. The first-order chi connectivity index (χ1) is 12.3. The Labute approximate surface area is 154 Å². The predicted octanol–water partition coefficient (Wildman–Crippen LogP) is 3.39. The molecule has 0 unspecified atom stereocenters. The zero-order valence-corrected chi connectivity index (χ0v) is 16.0. The molecule has 2 aliphatic carbocycles. The number of hydrogen-bond donors (Lipinski definition) is 1. The van der Waals surface area contributed by atoms with Gasteiger partial charge in [0.15, 0.2) is 0 Å². The predicted molar refractivity (Wildman–Crippen MR) is 102 cm³/mol. The molecule has 1 aromatic rings. The van der Waals surface area contributed by atoms with Crippen molar-refractivity contribution in [3.63, 3.8) is 0 Å². The topological polar surface area (TPSA) is 41.6 Å². The third kappa shape index (κ3) is 3.64. The van der Waals surface area contributed by atoms with Gasteiger partial charge in [-0.3, -0.25) is 9.69 Å². The molecule has 1 aliphatic heterocycles. The molecule has 5 heteroatoms. The molecule has 1 amide bonds. The third-order valence-corrected chi connectivity index (χ3v) is 7.44. The van der Waals surface area contributed by atoms with Crippen molar-refractivity contribution < 1.29 is 9.53 Å². The van der Waals surface area contributed by atoms with E-state index < -0.39 is 0 Å². The summed E-state index contributed by atoms with van der Waals surface area (Å²) in [5.41, 5.74) is 2.43. The van der Waals surface area contributed by atoms with Gasteiger partial charge in [0.25, 0.3) is 5.91 Å². The highest BCUT2D eigenvalue weighted by Crippen LogP contribution is 2.34. The van der Waals surface area contributed by atoms with Crippen LogP contribution < -0.4 is 5.32 Å². The summed E-state index contributed by atoms with van der Waals surface area (Å²) >= 11 is 1.78. The largest absolute Gasteiger partial charge is 0.379 e. The fraction of sp³-hybridized carbons (Fsp3) is 0.750. The van der Waals surface area contributed by atoms with E-state index in [0.717, 1.165) is 51.3 Å². The van der Waals surface area contributed by atoms with Crippen LogP contribution in [0, 0.1) is 0 Å². The molecule has 1 saturated carbocycles. The molecular formula is C20H30N2O2S. The molecule has 25 heavy (non-hydrogen) atoms. The highest BCUT2D eigenvalue weighted by molar-refractivity contribution is 7.10. The van der Waals surface area contributed by atoms with Gasteiger partial charge in [0.2, 0.25) is 0 Å². The van der Waals surface area contributed by atoms with E-state index in [9.17, 15) is 4.79 Å². The molecular weight excluding hydrogens is 332 g/mol. The molecule has 0 spiro atoms. The van der Waals surface area contributed by atoms with Crippen LogP contribution in [-0.4, -0.2) is 49.2 Å². The normalized spacial score (nSPS) is 23.8. The van der Waals surface area contributed by atoms with Crippen molar-refractivity contribution in [1.82, 2.24) is 10.2 Å². The lowest BCUT2D eigenvalue weighted by Crippen LogP contribution is -2.59. The maximum atomic E-state index is 12.9. The van der Waals surface area contributed by atoms with Crippen LogP contribution in [0.25, 0.3) is 0 Å². The molecule has 4 nitrogen and oxygen atoms in total. The van der Waals surface area contributed by atoms with Crippen LogP contribution in [0.15, 0.2) is 5.38 Å². The summed E-state index contributed by atoms with van der Waals surface area (Å²) in [5.74, 6) is 0.151. The van der Waals surface area contributed by atoms with E-state index in [4.69, 9.17) is 4.74 Å². The summed E-state index contributed by atoms with van der Waals surface area (Å²) in [6, 6.07) is 0. The number of ether oxygens (including phenoxy) is 1. The molecule has 2 fully saturated rings. The second-order valence-electron chi connectivity index (χ2n) is 7.83. The number of amides is 1. The number of nitrogens with one attached hydrogen (secondary N) is 1. The number of hydrogen-bond acceptors (Lipinski definition) is 4. The van der Waals surface area contributed by atoms with Crippen molar-refractivity contribution in [1.29, 1.82) is 0 Å². The standard InChI is InChI=1S/C20H30N2O2S/c23-19(17-14-25-18-7-3-2-6-16(17)18)21-15-20(8-4-1-5-9-20)22-10-12-24-13-11-22/h14H,1-13,15H2,(H,21,23). The van der Waals surface area contributed by atoms with Crippen molar-refractivity contribution >= 4 is 17.2 Å². The van der Waals surface area contributed by atoms with E-state index in [1.54, 1.807) is 11.3 Å². The second kappa shape index (κ2) is 7.77. The Morgan fingerprint density at radius 2 is 1.88 bits per heavy atom. The molecule has 1 saturated heterocycles. The highest BCUT2D eigenvalue weighted by Gasteiger charge is 2.39. The number of carbonyl (C=O) groups excluding carboxylic acids is 1. The molecule has 2 heterocycles. The summed E-state index contributed by atoms with van der Waals surface area (Å²) < 4.78 is 5.55. The van der Waals surface area contributed by atoms with Crippen LogP contribution in [0.4, 0.5) is 0 Å². The van der Waals surface area contributed by atoms with Gasteiger partial charge in [-0.2, -0.15) is 0 Å². The Hall–Kier alpha value is -0.910. The lowest BCUT2D eigenvalue weighted by atomic mass is 9.79. The van der Waals surface area contributed by atoms with Crippen LogP contribution in [0.1, 0.15) is 65.7 Å². The average Bonchev–Trinajstić information content (AvgIpc) is 3.12. The quantitative estimate of drug-likeness (QED) is 0.893. The number of thiophene rings is 1. The Morgan fingerprint density at radius 1 is 1.12 bits per heavy atom. The van der Waals surface area contributed by atoms with Crippen LogP contribution in [0.3, 0.4) is 0 Å². The van der Waals surface area contributed by atoms with Gasteiger partial charge in [-0.15, -0.1) is 11.3 Å². The fourth-order valence-corrected chi connectivity index (χ4v) is 6.00. The van der Waals surface area contributed by atoms with Crippen molar-refractivity contribution in [3.8, 4) is 0 Å². The average molecular weight is 363 g/mol. The summed E-state index contributed by atoms with van der Waals surface area (Å²) in [7, 11) is 0. The molecule has 0 radical (unpaired) electrons. The van der Waals surface area contributed by atoms with Gasteiger partial charge in [-0.1, -0.05) is 19.3 Å². The SMILES string of the molecule is O=C(NCC1(N2CCOCC2)CCCCC1)c1csc2c1CCCC2. The van der Waals surface area contributed by atoms with E-state index in [2.05, 4.69) is 15.6 Å². The Bertz CT molecular complexity index is 601. The summed E-state index contributed by atoms with van der Waals surface area (Å²) in [6.45, 7) is 4.45. The highest BCUT2D eigenvalue weighted by atomic mass is 32.1. The van der Waals surface area contributed by atoms with Crippen molar-refractivity contribution in [2.75, 3.05) is 32.8 Å². The first-order valence-electron chi connectivity index (χ1n) is 9.99. The van der Waals surface area contributed by atoms with E-state index in [-0.39, 0.29) is 11.4 Å². The molecule has 1 N–H and O–H groups in total. The van der Waals surface area contributed by atoms with Gasteiger partial charge in [0.05, 0.1) is 18.8 Å². The summed E-state index contributed by atoms with van der Waals surface area (Å²) in [4.78, 5) is 16.9. The maximum absolute atomic E-state index is 12.9. The molecule has 3 aliphatic rings. The van der Waals surface area contributed by atoms with E-state index in [0.29, 0.717) is 0 Å². The van der Waals surface area contributed by atoms with Gasteiger partial charge in [0, 0.05) is 35.4 Å². The molecule has 0 aromatic carbocycles. The lowest BCUT2D eigenvalue weighted by Gasteiger charge is -2.48. The monoisotopic (exact) mass is 362 g/mol. The molecule has 0 atom stereocenters. The van der Waals surface area contributed by atoms with E-state index in [1.807, 2.05) is 0 Å². The van der Waals surface area contributed by atoms with Crippen molar-refractivity contribution in [2.45, 2.75) is 63.3 Å². The number of nitrogens with zero attached hydrogens (tertiary/aromatic N) is 1. The number of fused-ring (bicyclic) bond motifs is 1. The Morgan fingerprint density at radius 3 is 2.68 bits per heavy atom. The molecule has 138 valence electrons. The van der Waals surface area contributed by atoms with Crippen LogP contribution in [-0.2, 0) is 17.6 Å². The van der Waals surface area contributed by atoms with Gasteiger partial charge in [0.1, 0.15) is 0 Å². The van der Waals surface area contributed by atoms with Crippen molar-refractivity contribution in [2.24, 2.45) is 0 Å². The Balaban J connectivity index is 1.45. The van der Waals surface area contributed by atoms with Crippen molar-refractivity contribution in [3.05, 3.63) is 21.4 Å². The van der Waals surface area contributed by atoms with E-state index in [1.165, 1.54) is 55.4 Å². The Kier molecular flexibility index (Phi) is 5.44. The van der Waals surface area contributed by atoms with Gasteiger partial charge in [-0.25, -0.2) is 0 Å².